The molecule has 72 valence electrons. The summed E-state index contributed by atoms with van der Waals surface area (Å²) in [7, 11) is 0. The van der Waals surface area contributed by atoms with Crippen LogP contribution < -0.4 is 0 Å². The van der Waals surface area contributed by atoms with Crippen molar-refractivity contribution in [2.75, 3.05) is 0 Å². The van der Waals surface area contributed by atoms with Crippen molar-refractivity contribution < 1.29 is 9.90 Å². The molecule has 0 spiro atoms. The molecule has 1 atom stereocenters. The van der Waals surface area contributed by atoms with E-state index >= 15 is 0 Å². The van der Waals surface area contributed by atoms with Crippen LogP contribution in [0.4, 0.5) is 0 Å². The first kappa shape index (κ1) is 9.21. The first-order valence-electron chi connectivity index (χ1n) is 4.39. The van der Waals surface area contributed by atoms with Gasteiger partial charge in [0.05, 0.1) is 5.92 Å². The van der Waals surface area contributed by atoms with E-state index in [1.165, 1.54) is 0 Å². The van der Waals surface area contributed by atoms with Crippen molar-refractivity contribution in [1.82, 2.24) is 0 Å². The summed E-state index contributed by atoms with van der Waals surface area (Å²) in [6, 6.07) is 7.89. The van der Waals surface area contributed by atoms with Crippen LogP contribution >= 0.6 is 11.3 Å². The second kappa shape index (κ2) is 3.42. The van der Waals surface area contributed by atoms with Gasteiger partial charge in [0.1, 0.15) is 0 Å². The number of aliphatic carboxylic acids is 1. The van der Waals surface area contributed by atoms with Gasteiger partial charge in [0.2, 0.25) is 0 Å². The van der Waals surface area contributed by atoms with E-state index in [0.717, 1.165) is 15.6 Å². The van der Waals surface area contributed by atoms with Gasteiger partial charge in [0.15, 0.2) is 0 Å². The van der Waals surface area contributed by atoms with Crippen LogP contribution in [0.3, 0.4) is 0 Å². The van der Waals surface area contributed by atoms with E-state index in [9.17, 15) is 4.79 Å². The summed E-state index contributed by atoms with van der Waals surface area (Å²) in [5.74, 6) is -1.19. The topological polar surface area (TPSA) is 37.3 Å². The summed E-state index contributed by atoms with van der Waals surface area (Å²) in [6.07, 6.45) is 0. The molecule has 1 heterocycles. The summed E-state index contributed by atoms with van der Waals surface area (Å²) in [6.45, 7) is 1.72. The van der Waals surface area contributed by atoms with E-state index in [0.29, 0.717) is 0 Å². The lowest BCUT2D eigenvalue weighted by atomic mass is 10.0. The van der Waals surface area contributed by atoms with E-state index in [2.05, 4.69) is 0 Å². The average molecular weight is 206 g/mol. The van der Waals surface area contributed by atoms with Gasteiger partial charge >= 0.3 is 5.97 Å². The molecule has 0 bridgehead atoms. The Labute approximate surface area is 85.8 Å². The fourth-order valence-corrected chi connectivity index (χ4v) is 2.52. The fourth-order valence-electron chi connectivity index (χ4n) is 1.47. The number of hydrogen-bond acceptors (Lipinski definition) is 2. The highest BCUT2D eigenvalue weighted by atomic mass is 32.1. The van der Waals surface area contributed by atoms with Crippen molar-refractivity contribution in [2.45, 2.75) is 12.8 Å². The first-order valence-corrected chi connectivity index (χ1v) is 5.27. The average Bonchev–Trinajstić information content (AvgIpc) is 2.60. The number of carboxylic acid groups (broad SMARTS) is 1. The lowest BCUT2D eigenvalue weighted by Crippen LogP contribution is -2.06. The monoisotopic (exact) mass is 206 g/mol. The van der Waals surface area contributed by atoms with Crippen LogP contribution in [0.2, 0.25) is 0 Å². The predicted octanol–water partition coefficient (Wildman–Crippen LogP) is 3.09. The third-order valence-corrected chi connectivity index (χ3v) is 3.33. The van der Waals surface area contributed by atoms with Crippen molar-refractivity contribution in [1.29, 1.82) is 0 Å². The zero-order chi connectivity index (χ0) is 10.1. The minimum atomic E-state index is -0.770. The molecule has 0 saturated heterocycles. The van der Waals surface area contributed by atoms with Crippen LogP contribution in [-0.2, 0) is 4.79 Å². The summed E-state index contributed by atoms with van der Waals surface area (Å²) in [5.41, 5.74) is 0.915. The molecule has 0 aliphatic carbocycles. The van der Waals surface area contributed by atoms with Crippen LogP contribution in [0, 0.1) is 0 Å². The molecule has 1 aromatic heterocycles. The maximum Gasteiger partial charge on any atom is 0.310 e. The van der Waals surface area contributed by atoms with Crippen LogP contribution in [-0.4, -0.2) is 11.1 Å². The first-order chi connectivity index (χ1) is 6.70. The molecular weight excluding hydrogens is 196 g/mol. The molecule has 14 heavy (non-hydrogen) atoms. The van der Waals surface area contributed by atoms with Crippen LogP contribution in [0.5, 0.6) is 0 Å². The number of benzene rings is 1. The molecule has 0 amide bonds. The summed E-state index contributed by atoms with van der Waals surface area (Å²) in [5, 5.41) is 11.9. The fraction of sp³-hybridized carbons (Fsp3) is 0.182. The molecule has 2 aromatic rings. The molecule has 2 rings (SSSR count). The third-order valence-electron chi connectivity index (χ3n) is 2.35. The largest absolute Gasteiger partial charge is 0.481 e. The summed E-state index contributed by atoms with van der Waals surface area (Å²) < 4.78 is 1.15. The Morgan fingerprint density at radius 1 is 1.43 bits per heavy atom. The number of fused-ring (bicyclic) bond motifs is 1. The van der Waals surface area contributed by atoms with Gasteiger partial charge in [-0.15, -0.1) is 11.3 Å². The van der Waals surface area contributed by atoms with Gasteiger partial charge in [-0.05, 0) is 29.3 Å². The Bertz CT molecular complexity index is 473. The molecule has 0 saturated carbocycles. The molecule has 0 aliphatic rings. The molecule has 2 nitrogen and oxygen atoms in total. The van der Waals surface area contributed by atoms with Crippen LogP contribution in [0.25, 0.3) is 10.1 Å². The van der Waals surface area contributed by atoms with Gasteiger partial charge in [-0.1, -0.05) is 18.2 Å². The minimum Gasteiger partial charge on any atom is -0.481 e. The highest BCUT2D eigenvalue weighted by molar-refractivity contribution is 7.17. The standard InChI is InChI=1S/C11H10O2S/c1-7(11(12)13)9-6-14-10-5-3-2-4-8(9)10/h2-7H,1H3,(H,12,13)/t7-/m1/s1. The SMILES string of the molecule is C[C@@H](C(=O)O)c1csc2ccccc12. The number of carboxylic acids is 1. The number of thiophene rings is 1. The Morgan fingerprint density at radius 3 is 2.86 bits per heavy atom. The number of rotatable bonds is 2. The van der Waals surface area contributed by atoms with E-state index in [-0.39, 0.29) is 0 Å². The van der Waals surface area contributed by atoms with Gasteiger partial charge in [0.25, 0.3) is 0 Å². The van der Waals surface area contributed by atoms with Gasteiger partial charge in [-0.3, -0.25) is 4.79 Å². The Morgan fingerprint density at radius 2 is 2.14 bits per heavy atom. The van der Waals surface area contributed by atoms with Crippen molar-refractivity contribution in [2.24, 2.45) is 0 Å². The zero-order valence-electron chi connectivity index (χ0n) is 7.73. The molecule has 0 aliphatic heterocycles. The van der Waals surface area contributed by atoms with Crippen LogP contribution in [0.15, 0.2) is 29.6 Å². The summed E-state index contributed by atoms with van der Waals surface area (Å²) in [4.78, 5) is 10.8. The second-order valence-corrected chi connectivity index (χ2v) is 4.16. The highest BCUT2D eigenvalue weighted by Crippen LogP contribution is 2.30. The molecule has 0 unspecified atom stereocenters. The predicted molar refractivity (Wildman–Crippen MR) is 57.9 cm³/mol. The lowest BCUT2D eigenvalue weighted by Gasteiger charge is -2.03. The Balaban J connectivity index is 2.58. The molecule has 1 aromatic carbocycles. The van der Waals surface area contributed by atoms with Crippen molar-refractivity contribution in [3.8, 4) is 0 Å². The summed E-state index contributed by atoms with van der Waals surface area (Å²) >= 11 is 1.60. The lowest BCUT2D eigenvalue weighted by molar-refractivity contribution is -0.138. The number of carbonyl (C=O) groups is 1. The quantitative estimate of drug-likeness (QED) is 0.819. The normalized spacial score (nSPS) is 12.9. The van der Waals surface area contributed by atoms with Crippen molar-refractivity contribution in [3.05, 3.63) is 35.2 Å². The van der Waals surface area contributed by atoms with Crippen molar-refractivity contribution >= 4 is 27.4 Å². The molecule has 0 radical (unpaired) electrons. The number of hydrogen-bond donors (Lipinski definition) is 1. The molecule has 1 N–H and O–H groups in total. The van der Waals surface area contributed by atoms with E-state index in [4.69, 9.17) is 5.11 Å². The molecule has 3 heteroatoms. The third kappa shape index (κ3) is 1.40. The van der Waals surface area contributed by atoms with E-state index < -0.39 is 11.9 Å². The second-order valence-electron chi connectivity index (χ2n) is 3.25. The minimum absolute atomic E-state index is 0.425. The smallest absolute Gasteiger partial charge is 0.310 e. The Kier molecular flexibility index (Phi) is 2.25. The zero-order valence-corrected chi connectivity index (χ0v) is 8.54. The van der Waals surface area contributed by atoms with Crippen molar-refractivity contribution in [3.63, 3.8) is 0 Å². The van der Waals surface area contributed by atoms with Gasteiger partial charge in [-0.25, -0.2) is 0 Å². The molecular formula is C11H10O2S. The van der Waals surface area contributed by atoms with Gasteiger partial charge in [0, 0.05) is 4.70 Å². The highest BCUT2D eigenvalue weighted by Gasteiger charge is 2.17. The maximum atomic E-state index is 10.8. The Hall–Kier alpha value is -1.35. The van der Waals surface area contributed by atoms with E-state index in [1.54, 1.807) is 18.3 Å². The molecule has 0 fully saturated rings. The maximum absolute atomic E-state index is 10.8. The van der Waals surface area contributed by atoms with E-state index in [1.807, 2.05) is 29.6 Å². The van der Waals surface area contributed by atoms with Crippen LogP contribution in [0.1, 0.15) is 18.4 Å². The van der Waals surface area contributed by atoms with Gasteiger partial charge in [-0.2, -0.15) is 0 Å². The van der Waals surface area contributed by atoms with Gasteiger partial charge < -0.3 is 5.11 Å².